The molecular formula is C13H19NO2. The molecule has 2 rings (SSSR count). The van der Waals surface area contributed by atoms with Crippen LogP contribution < -0.4 is 5.32 Å². The van der Waals surface area contributed by atoms with Crippen LogP contribution in [0.2, 0.25) is 0 Å². The number of hydrogen-bond donors (Lipinski definition) is 2. The second kappa shape index (κ2) is 4.44. The molecule has 0 unspecified atom stereocenters. The van der Waals surface area contributed by atoms with Crippen LogP contribution in [0.3, 0.4) is 0 Å². The number of rotatable bonds is 4. The van der Waals surface area contributed by atoms with E-state index in [4.69, 9.17) is 4.74 Å². The summed E-state index contributed by atoms with van der Waals surface area (Å²) in [4.78, 5) is 0. The molecule has 1 aliphatic rings. The average molecular weight is 221 g/mol. The molecule has 0 atom stereocenters. The van der Waals surface area contributed by atoms with Crippen molar-refractivity contribution >= 4 is 5.69 Å². The second-order valence-electron chi connectivity index (χ2n) is 4.82. The zero-order valence-corrected chi connectivity index (χ0v) is 9.92. The molecule has 2 N–H and O–H groups in total. The van der Waals surface area contributed by atoms with Crippen molar-refractivity contribution in [2.45, 2.75) is 13.8 Å². The molecule has 1 fully saturated rings. The standard InChI is InChI=1S/C13H19NO2/c1-10-3-4-12(11(2)5-10)14-6-13(7-15)8-16-9-13/h3-5,14-15H,6-9H2,1-2H3. The van der Waals surface area contributed by atoms with Crippen LogP contribution in [-0.4, -0.2) is 31.5 Å². The summed E-state index contributed by atoms with van der Waals surface area (Å²) in [5.41, 5.74) is 3.59. The van der Waals surface area contributed by atoms with Gasteiger partial charge in [0.05, 0.1) is 25.2 Å². The average Bonchev–Trinajstić information content (AvgIpc) is 2.19. The first-order valence-electron chi connectivity index (χ1n) is 5.65. The Balaban J connectivity index is 1.99. The van der Waals surface area contributed by atoms with E-state index in [1.54, 1.807) is 0 Å². The predicted octanol–water partition coefficient (Wildman–Crippen LogP) is 1.72. The number of aryl methyl sites for hydroxylation is 2. The first-order chi connectivity index (χ1) is 7.65. The Bertz CT molecular complexity index is 367. The Morgan fingerprint density at radius 3 is 2.62 bits per heavy atom. The summed E-state index contributed by atoms with van der Waals surface area (Å²) in [7, 11) is 0. The van der Waals surface area contributed by atoms with Gasteiger partial charge in [0, 0.05) is 12.2 Å². The van der Waals surface area contributed by atoms with Crippen molar-refractivity contribution in [3.05, 3.63) is 29.3 Å². The van der Waals surface area contributed by atoms with E-state index in [-0.39, 0.29) is 12.0 Å². The molecule has 0 saturated carbocycles. The van der Waals surface area contributed by atoms with Gasteiger partial charge in [-0.3, -0.25) is 0 Å². The van der Waals surface area contributed by atoms with E-state index < -0.39 is 0 Å². The van der Waals surface area contributed by atoms with E-state index in [1.807, 2.05) is 0 Å². The van der Waals surface area contributed by atoms with Gasteiger partial charge >= 0.3 is 0 Å². The van der Waals surface area contributed by atoms with Crippen LogP contribution >= 0.6 is 0 Å². The van der Waals surface area contributed by atoms with E-state index in [2.05, 4.69) is 37.4 Å². The van der Waals surface area contributed by atoms with Crippen molar-refractivity contribution in [3.63, 3.8) is 0 Å². The summed E-state index contributed by atoms with van der Waals surface area (Å²) in [5.74, 6) is 0. The molecule has 0 aromatic heterocycles. The fourth-order valence-corrected chi connectivity index (χ4v) is 1.93. The summed E-state index contributed by atoms with van der Waals surface area (Å²) in [6.07, 6.45) is 0. The van der Waals surface area contributed by atoms with Crippen LogP contribution in [0.5, 0.6) is 0 Å². The zero-order valence-electron chi connectivity index (χ0n) is 9.92. The van der Waals surface area contributed by atoms with Crippen LogP contribution in [0, 0.1) is 19.3 Å². The molecule has 1 saturated heterocycles. The van der Waals surface area contributed by atoms with Crippen LogP contribution in [0.25, 0.3) is 0 Å². The van der Waals surface area contributed by atoms with Crippen molar-refractivity contribution in [3.8, 4) is 0 Å². The molecule has 88 valence electrons. The lowest BCUT2D eigenvalue weighted by atomic mass is 9.87. The monoisotopic (exact) mass is 221 g/mol. The van der Waals surface area contributed by atoms with E-state index in [1.165, 1.54) is 11.1 Å². The van der Waals surface area contributed by atoms with Crippen LogP contribution in [0.15, 0.2) is 18.2 Å². The Kier molecular flexibility index (Phi) is 3.17. The number of nitrogens with one attached hydrogen (secondary N) is 1. The van der Waals surface area contributed by atoms with E-state index >= 15 is 0 Å². The fourth-order valence-electron chi connectivity index (χ4n) is 1.93. The number of aliphatic hydroxyl groups is 1. The van der Waals surface area contributed by atoms with Gasteiger partial charge in [-0.1, -0.05) is 17.7 Å². The summed E-state index contributed by atoms with van der Waals surface area (Å²) in [6, 6.07) is 6.35. The van der Waals surface area contributed by atoms with Crippen LogP contribution in [-0.2, 0) is 4.74 Å². The normalized spacial score (nSPS) is 17.9. The smallest absolute Gasteiger partial charge is 0.0584 e. The molecule has 3 heteroatoms. The van der Waals surface area contributed by atoms with Crippen LogP contribution in [0.1, 0.15) is 11.1 Å². The fraction of sp³-hybridized carbons (Fsp3) is 0.538. The maximum Gasteiger partial charge on any atom is 0.0584 e. The Hall–Kier alpha value is -1.06. The highest BCUT2D eigenvalue weighted by Gasteiger charge is 2.37. The molecule has 0 aliphatic carbocycles. The third-order valence-electron chi connectivity index (χ3n) is 3.19. The summed E-state index contributed by atoms with van der Waals surface area (Å²) in [6.45, 7) is 6.45. The topological polar surface area (TPSA) is 41.5 Å². The lowest BCUT2D eigenvalue weighted by Crippen LogP contribution is -2.50. The SMILES string of the molecule is Cc1ccc(NCC2(CO)COC2)c(C)c1. The van der Waals surface area contributed by atoms with Gasteiger partial charge in [0.15, 0.2) is 0 Å². The highest BCUT2D eigenvalue weighted by Crippen LogP contribution is 2.27. The highest BCUT2D eigenvalue weighted by molar-refractivity contribution is 5.52. The van der Waals surface area contributed by atoms with Crippen molar-refractivity contribution in [1.29, 1.82) is 0 Å². The molecule has 16 heavy (non-hydrogen) atoms. The van der Waals surface area contributed by atoms with E-state index in [0.717, 1.165) is 12.2 Å². The molecule has 0 amide bonds. The molecule has 1 aromatic rings. The number of aliphatic hydroxyl groups excluding tert-OH is 1. The number of benzene rings is 1. The maximum absolute atomic E-state index is 9.31. The second-order valence-corrected chi connectivity index (χ2v) is 4.82. The lowest BCUT2D eigenvalue weighted by Gasteiger charge is -2.40. The van der Waals surface area contributed by atoms with Crippen molar-refractivity contribution in [2.75, 3.05) is 31.7 Å². The summed E-state index contributed by atoms with van der Waals surface area (Å²) in [5, 5.41) is 12.7. The maximum atomic E-state index is 9.31. The van der Waals surface area contributed by atoms with Crippen molar-refractivity contribution in [1.82, 2.24) is 0 Å². The third-order valence-corrected chi connectivity index (χ3v) is 3.19. The molecule has 1 aliphatic heterocycles. The summed E-state index contributed by atoms with van der Waals surface area (Å²) < 4.78 is 5.17. The molecule has 3 nitrogen and oxygen atoms in total. The molecular weight excluding hydrogens is 202 g/mol. The van der Waals surface area contributed by atoms with Gasteiger partial charge < -0.3 is 15.2 Å². The Labute approximate surface area is 96.4 Å². The van der Waals surface area contributed by atoms with Crippen molar-refractivity contribution < 1.29 is 9.84 Å². The Morgan fingerprint density at radius 1 is 1.38 bits per heavy atom. The predicted molar refractivity (Wildman–Crippen MR) is 64.7 cm³/mol. The summed E-state index contributed by atoms with van der Waals surface area (Å²) >= 11 is 0. The van der Waals surface area contributed by atoms with E-state index in [9.17, 15) is 5.11 Å². The third kappa shape index (κ3) is 2.20. The number of anilines is 1. The van der Waals surface area contributed by atoms with Gasteiger partial charge in [-0.05, 0) is 25.5 Å². The highest BCUT2D eigenvalue weighted by atomic mass is 16.5. The van der Waals surface area contributed by atoms with Gasteiger partial charge in [0.25, 0.3) is 0 Å². The molecule has 0 spiro atoms. The first kappa shape index (κ1) is 11.4. The Morgan fingerprint density at radius 2 is 2.12 bits per heavy atom. The molecule has 1 aromatic carbocycles. The number of ether oxygens (including phenoxy) is 1. The minimum atomic E-state index is -0.0721. The molecule has 0 bridgehead atoms. The van der Waals surface area contributed by atoms with Gasteiger partial charge in [-0.25, -0.2) is 0 Å². The van der Waals surface area contributed by atoms with Crippen LogP contribution in [0.4, 0.5) is 5.69 Å². The molecule has 0 radical (unpaired) electrons. The van der Waals surface area contributed by atoms with Gasteiger partial charge in [-0.2, -0.15) is 0 Å². The number of hydrogen-bond acceptors (Lipinski definition) is 3. The molecule has 1 heterocycles. The van der Waals surface area contributed by atoms with Crippen molar-refractivity contribution in [2.24, 2.45) is 5.41 Å². The van der Waals surface area contributed by atoms with Gasteiger partial charge in [0.2, 0.25) is 0 Å². The minimum absolute atomic E-state index is 0.0721. The van der Waals surface area contributed by atoms with Gasteiger partial charge in [-0.15, -0.1) is 0 Å². The largest absolute Gasteiger partial charge is 0.396 e. The van der Waals surface area contributed by atoms with E-state index in [0.29, 0.717) is 13.2 Å². The quantitative estimate of drug-likeness (QED) is 0.813. The van der Waals surface area contributed by atoms with Gasteiger partial charge in [0.1, 0.15) is 0 Å². The zero-order chi connectivity index (χ0) is 11.6. The minimum Gasteiger partial charge on any atom is -0.396 e. The first-order valence-corrected chi connectivity index (χ1v) is 5.65. The lowest BCUT2D eigenvalue weighted by molar-refractivity contribution is -0.128.